The van der Waals surface area contributed by atoms with E-state index in [9.17, 15) is 9.18 Å². The monoisotopic (exact) mass is 272 g/mol. The smallest absolute Gasteiger partial charge is 0.166 e. The SMILES string of the molecule is O=C1CCC(Oc2ccc(Br)cc2F)C1. The molecule has 0 aliphatic heterocycles. The van der Waals surface area contributed by atoms with Gasteiger partial charge in [0.1, 0.15) is 11.9 Å². The predicted octanol–water partition coefficient (Wildman–Crippen LogP) is 3.09. The molecule has 0 amide bonds. The lowest BCUT2D eigenvalue weighted by Crippen LogP contribution is -2.12. The first-order chi connectivity index (χ1) is 7.15. The maximum absolute atomic E-state index is 13.4. The number of hydrogen-bond acceptors (Lipinski definition) is 2. The summed E-state index contributed by atoms with van der Waals surface area (Å²) in [6.45, 7) is 0. The van der Waals surface area contributed by atoms with Crippen molar-refractivity contribution in [1.29, 1.82) is 0 Å². The van der Waals surface area contributed by atoms with Crippen molar-refractivity contribution in [3.63, 3.8) is 0 Å². The number of ketones is 1. The van der Waals surface area contributed by atoms with E-state index in [4.69, 9.17) is 4.74 Å². The van der Waals surface area contributed by atoms with Crippen molar-refractivity contribution in [2.45, 2.75) is 25.4 Å². The van der Waals surface area contributed by atoms with Gasteiger partial charge in [0.05, 0.1) is 0 Å². The van der Waals surface area contributed by atoms with Gasteiger partial charge in [0.25, 0.3) is 0 Å². The highest BCUT2D eigenvalue weighted by Crippen LogP contribution is 2.26. The maximum Gasteiger partial charge on any atom is 0.166 e. The molecule has 2 rings (SSSR count). The molecule has 1 fully saturated rings. The Hall–Kier alpha value is -0.900. The number of hydrogen-bond donors (Lipinski definition) is 0. The van der Waals surface area contributed by atoms with Crippen molar-refractivity contribution in [2.75, 3.05) is 0 Å². The Bertz CT molecular complexity index is 392. The van der Waals surface area contributed by atoms with Crippen LogP contribution in [-0.2, 0) is 4.79 Å². The zero-order valence-electron chi connectivity index (χ0n) is 8.00. The molecule has 1 aliphatic rings. The zero-order chi connectivity index (χ0) is 10.8. The third-order valence-corrected chi connectivity index (χ3v) is 2.88. The van der Waals surface area contributed by atoms with Gasteiger partial charge in [-0.15, -0.1) is 0 Å². The van der Waals surface area contributed by atoms with Crippen molar-refractivity contribution in [1.82, 2.24) is 0 Å². The van der Waals surface area contributed by atoms with Crippen molar-refractivity contribution in [3.8, 4) is 5.75 Å². The first kappa shape index (κ1) is 10.6. The lowest BCUT2D eigenvalue weighted by molar-refractivity contribution is -0.117. The second-order valence-electron chi connectivity index (χ2n) is 3.60. The Balaban J connectivity index is 2.07. The Morgan fingerprint density at radius 1 is 1.47 bits per heavy atom. The van der Waals surface area contributed by atoms with Crippen molar-refractivity contribution >= 4 is 21.7 Å². The zero-order valence-corrected chi connectivity index (χ0v) is 9.59. The molecule has 1 atom stereocenters. The van der Waals surface area contributed by atoms with Gasteiger partial charge in [-0.05, 0) is 24.6 Å². The fourth-order valence-electron chi connectivity index (χ4n) is 1.63. The number of Topliss-reactive ketones (excluding diaryl/α,β-unsaturated/α-hetero) is 1. The first-order valence-electron chi connectivity index (χ1n) is 4.78. The van der Waals surface area contributed by atoms with Crippen LogP contribution >= 0.6 is 15.9 Å². The van der Waals surface area contributed by atoms with Crippen LogP contribution in [-0.4, -0.2) is 11.9 Å². The molecule has 1 unspecified atom stereocenters. The molecule has 0 aromatic heterocycles. The molecule has 1 aromatic rings. The van der Waals surface area contributed by atoms with E-state index in [-0.39, 0.29) is 17.6 Å². The number of carbonyl (C=O) groups excluding carboxylic acids is 1. The van der Waals surface area contributed by atoms with Crippen LogP contribution in [0.25, 0.3) is 0 Å². The van der Waals surface area contributed by atoms with Gasteiger partial charge in [-0.1, -0.05) is 15.9 Å². The minimum absolute atomic E-state index is 0.159. The highest BCUT2D eigenvalue weighted by atomic mass is 79.9. The molecule has 15 heavy (non-hydrogen) atoms. The molecule has 1 aliphatic carbocycles. The first-order valence-corrected chi connectivity index (χ1v) is 5.58. The molecular formula is C11H10BrFO2. The maximum atomic E-state index is 13.4. The minimum atomic E-state index is -0.399. The highest BCUT2D eigenvalue weighted by Gasteiger charge is 2.24. The van der Waals surface area contributed by atoms with Gasteiger partial charge in [0.2, 0.25) is 0 Å². The summed E-state index contributed by atoms with van der Waals surface area (Å²) in [4.78, 5) is 11.0. The van der Waals surface area contributed by atoms with E-state index in [1.165, 1.54) is 6.07 Å². The van der Waals surface area contributed by atoms with Gasteiger partial charge in [-0.2, -0.15) is 0 Å². The van der Waals surface area contributed by atoms with Gasteiger partial charge < -0.3 is 4.74 Å². The Morgan fingerprint density at radius 3 is 2.87 bits per heavy atom. The molecule has 1 aromatic carbocycles. The van der Waals surface area contributed by atoms with Crippen LogP contribution < -0.4 is 4.74 Å². The molecule has 0 saturated heterocycles. The summed E-state index contributed by atoms with van der Waals surface area (Å²) >= 11 is 3.17. The van der Waals surface area contributed by atoms with Crippen LogP contribution in [0.5, 0.6) is 5.75 Å². The average Bonchev–Trinajstić information content (AvgIpc) is 2.56. The van der Waals surface area contributed by atoms with Crippen molar-refractivity contribution in [3.05, 3.63) is 28.5 Å². The Labute approximate surface area is 95.6 Å². The largest absolute Gasteiger partial charge is 0.487 e. The molecule has 4 heteroatoms. The van der Waals surface area contributed by atoms with Crippen LogP contribution in [0.15, 0.2) is 22.7 Å². The average molecular weight is 273 g/mol. The van der Waals surface area contributed by atoms with E-state index in [0.29, 0.717) is 23.7 Å². The van der Waals surface area contributed by atoms with Gasteiger partial charge in [0.15, 0.2) is 11.6 Å². The summed E-state index contributed by atoms with van der Waals surface area (Å²) in [6.07, 6.45) is 1.47. The molecule has 0 N–H and O–H groups in total. The summed E-state index contributed by atoms with van der Waals surface area (Å²) in [7, 11) is 0. The van der Waals surface area contributed by atoms with Crippen molar-refractivity contribution < 1.29 is 13.9 Å². The number of ether oxygens (including phenoxy) is 1. The van der Waals surface area contributed by atoms with Crippen LogP contribution in [0, 0.1) is 5.82 Å². The second-order valence-corrected chi connectivity index (χ2v) is 4.51. The summed E-state index contributed by atoms with van der Waals surface area (Å²) in [6, 6.07) is 4.64. The lowest BCUT2D eigenvalue weighted by atomic mass is 10.3. The minimum Gasteiger partial charge on any atom is -0.487 e. The molecule has 0 spiro atoms. The predicted molar refractivity (Wildman–Crippen MR) is 57.4 cm³/mol. The third kappa shape index (κ3) is 2.56. The van der Waals surface area contributed by atoms with Crippen molar-refractivity contribution in [2.24, 2.45) is 0 Å². The molecule has 2 nitrogen and oxygen atoms in total. The highest BCUT2D eigenvalue weighted by molar-refractivity contribution is 9.10. The number of benzene rings is 1. The summed E-state index contributed by atoms with van der Waals surface area (Å²) in [5.41, 5.74) is 0. The summed E-state index contributed by atoms with van der Waals surface area (Å²) in [5.74, 6) is 0.0131. The van der Waals surface area contributed by atoms with E-state index in [0.717, 1.165) is 0 Å². The fraction of sp³-hybridized carbons (Fsp3) is 0.364. The topological polar surface area (TPSA) is 26.3 Å². The van der Waals surface area contributed by atoms with Gasteiger partial charge >= 0.3 is 0 Å². The van der Waals surface area contributed by atoms with Crippen LogP contribution in [0.3, 0.4) is 0 Å². The lowest BCUT2D eigenvalue weighted by Gasteiger charge is -2.12. The Morgan fingerprint density at radius 2 is 2.27 bits per heavy atom. The molecule has 0 radical (unpaired) electrons. The van der Waals surface area contributed by atoms with Crippen LogP contribution in [0.2, 0.25) is 0 Å². The molecule has 80 valence electrons. The van der Waals surface area contributed by atoms with E-state index < -0.39 is 5.82 Å². The molecule has 1 saturated carbocycles. The normalized spacial score (nSPS) is 20.7. The van der Waals surface area contributed by atoms with E-state index in [1.54, 1.807) is 12.1 Å². The third-order valence-electron chi connectivity index (χ3n) is 2.39. The summed E-state index contributed by atoms with van der Waals surface area (Å²) < 4.78 is 19.5. The quantitative estimate of drug-likeness (QED) is 0.827. The van der Waals surface area contributed by atoms with Gasteiger partial charge in [-0.25, -0.2) is 4.39 Å². The van der Waals surface area contributed by atoms with Crippen LogP contribution in [0.4, 0.5) is 4.39 Å². The van der Waals surface area contributed by atoms with Crippen LogP contribution in [0.1, 0.15) is 19.3 Å². The number of halogens is 2. The molecular weight excluding hydrogens is 263 g/mol. The molecule has 0 bridgehead atoms. The van der Waals surface area contributed by atoms with E-state index >= 15 is 0 Å². The van der Waals surface area contributed by atoms with Gasteiger partial charge in [0, 0.05) is 17.3 Å². The Kier molecular flexibility index (Phi) is 3.05. The standard InChI is InChI=1S/C11H10BrFO2/c12-7-1-4-11(10(13)5-7)15-9-3-2-8(14)6-9/h1,4-5,9H,2-3,6H2. The van der Waals surface area contributed by atoms with Gasteiger partial charge in [-0.3, -0.25) is 4.79 Å². The van der Waals surface area contributed by atoms with E-state index in [1.807, 2.05) is 0 Å². The second kappa shape index (κ2) is 4.31. The number of rotatable bonds is 2. The van der Waals surface area contributed by atoms with E-state index in [2.05, 4.69) is 15.9 Å². The fourth-order valence-corrected chi connectivity index (χ4v) is 1.96. The number of carbonyl (C=O) groups is 1. The molecule has 0 heterocycles. The summed E-state index contributed by atoms with van der Waals surface area (Å²) in [5, 5.41) is 0.